The molecule has 0 aliphatic rings. The van der Waals surface area contributed by atoms with Gasteiger partial charge in [0.2, 0.25) is 0 Å². The highest BCUT2D eigenvalue weighted by atomic mass is 16.4. The number of carbonyl (C=O) groups excluding carboxylic acids is 1. The summed E-state index contributed by atoms with van der Waals surface area (Å²) in [6.45, 7) is 1.48. The van der Waals surface area contributed by atoms with Crippen LogP contribution in [-0.4, -0.2) is 20.7 Å². The molecule has 0 saturated heterocycles. The van der Waals surface area contributed by atoms with E-state index in [1.165, 1.54) is 24.3 Å². The lowest BCUT2D eigenvalue weighted by Crippen LogP contribution is -2.31. The average Bonchev–Trinajstić information content (AvgIpc) is 2.36. The van der Waals surface area contributed by atoms with Gasteiger partial charge in [-0.1, -0.05) is 0 Å². The Morgan fingerprint density at radius 1 is 1.80 bits per heavy atom. The number of nitrogens with zero attached hydrogens (tertiary/aromatic N) is 3. The SMILES string of the molecule is CC(C(=O)[O-])n1cncn1. The van der Waals surface area contributed by atoms with E-state index in [2.05, 4.69) is 10.1 Å². The van der Waals surface area contributed by atoms with Crippen molar-refractivity contribution in [3.05, 3.63) is 12.7 Å². The largest absolute Gasteiger partial charge is 0.548 e. The molecular weight excluding hydrogens is 134 g/mol. The Morgan fingerprint density at radius 3 is 2.90 bits per heavy atom. The Morgan fingerprint density at radius 2 is 2.50 bits per heavy atom. The third kappa shape index (κ3) is 1.12. The van der Waals surface area contributed by atoms with Crippen molar-refractivity contribution >= 4 is 5.97 Å². The Kier molecular flexibility index (Phi) is 1.66. The van der Waals surface area contributed by atoms with Gasteiger partial charge < -0.3 is 9.90 Å². The second-order valence-corrected chi connectivity index (χ2v) is 1.87. The fourth-order valence-corrected chi connectivity index (χ4v) is 0.525. The highest BCUT2D eigenvalue weighted by Crippen LogP contribution is 1.97. The minimum atomic E-state index is -1.16. The second-order valence-electron chi connectivity index (χ2n) is 1.87. The number of aromatic nitrogens is 3. The van der Waals surface area contributed by atoms with E-state index in [4.69, 9.17) is 0 Å². The van der Waals surface area contributed by atoms with Crippen LogP contribution in [0.4, 0.5) is 0 Å². The Balaban J connectivity index is 2.77. The maximum absolute atomic E-state index is 10.2. The number of carboxylic acids is 1. The molecule has 1 aromatic rings. The summed E-state index contributed by atoms with van der Waals surface area (Å²) in [5.74, 6) is -1.16. The summed E-state index contributed by atoms with van der Waals surface area (Å²) in [6.07, 6.45) is 2.61. The molecule has 0 aliphatic carbocycles. The molecule has 0 amide bonds. The van der Waals surface area contributed by atoms with Crippen molar-refractivity contribution in [1.29, 1.82) is 0 Å². The van der Waals surface area contributed by atoms with E-state index in [0.29, 0.717) is 0 Å². The van der Waals surface area contributed by atoms with E-state index in [1.807, 2.05) is 0 Å². The molecule has 0 saturated carbocycles. The smallest absolute Gasteiger partial charge is 0.137 e. The highest BCUT2D eigenvalue weighted by molar-refractivity contribution is 5.68. The van der Waals surface area contributed by atoms with Crippen LogP contribution < -0.4 is 5.11 Å². The van der Waals surface area contributed by atoms with Gasteiger partial charge in [-0.15, -0.1) is 0 Å². The van der Waals surface area contributed by atoms with Gasteiger partial charge in [0.1, 0.15) is 12.7 Å². The summed E-state index contributed by atoms with van der Waals surface area (Å²) in [4.78, 5) is 13.8. The quantitative estimate of drug-likeness (QED) is 0.506. The first-order chi connectivity index (χ1) is 4.72. The van der Waals surface area contributed by atoms with E-state index >= 15 is 0 Å². The third-order valence-corrected chi connectivity index (χ3v) is 1.17. The molecule has 1 unspecified atom stereocenters. The number of carboxylic acid groups (broad SMARTS) is 1. The van der Waals surface area contributed by atoms with Crippen LogP contribution in [0.3, 0.4) is 0 Å². The highest BCUT2D eigenvalue weighted by Gasteiger charge is 2.03. The minimum Gasteiger partial charge on any atom is -0.548 e. The number of aliphatic carboxylic acids is 1. The van der Waals surface area contributed by atoms with Crippen molar-refractivity contribution in [2.75, 3.05) is 0 Å². The van der Waals surface area contributed by atoms with E-state index in [0.717, 1.165) is 0 Å². The third-order valence-electron chi connectivity index (χ3n) is 1.17. The van der Waals surface area contributed by atoms with E-state index in [-0.39, 0.29) is 0 Å². The molecule has 0 aliphatic heterocycles. The molecule has 5 heteroatoms. The van der Waals surface area contributed by atoms with Gasteiger partial charge in [0.25, 0.3) is 0 Å². The molecule has 10 heavy (non-hydrogen) atoms. The van der Waals surface area contributed by atoms with Crippen molar-refractivity contribution in [2.45, 2.75) is 13.0 Å². The molecule has 5 nitrogen and oxygen atoms in total. The predicted octanol–water partition coefficient (Wildman–Crippen LogP) is -1.41. The van der Waals surface area contributed by atoms with Gasteiger partial charge in [0, 0.05) is 0 Å². The van der Waals surface area contributed by atoms with Crippen LogP contribution in [0.5, 0.6) is 0 Å². The minimum absolute atomic E-state index is 0.748. The van der Waals surface area contributed by atoms with Crippen LogP contribution in [0.2, 0.25) is 0 Å². The average molecular weight is 140 g/mol. The summed E-state index contributed by atoms with van der Waals surface area (Å²) in [6, 6.07) is -0.748. The topological polar surface area (TPSA) is 70.8 Å². The molecule has 0 N–H and O–H groups in total. The zero-order valence-corrected chi connectivity index (χ0v) is 5.39. The second kappa shape index (κ2) is 2.47. The molecule has 0 radical (unpaired) electrons. The monoisotopic (exact) mass is 140 g/mol. The van der Waals surface area contributed by atoms with Crippen LogP contribution in [0, 0.1) is 0 Å². The Bertz CT molecular complexity index is 219. The van der Waals surface area contributed by atoms with Gasteiger partial charge in [-0.2, -0.15) is 5.10 Å². The van der Waals surface area contributed by atoms with Gasteiger partial charge in [-0.3, -0.25) is 0 Å². The summed E-state index contributed by atoms with van der Waals surface area (Å²) in [5.41, 5.74) is 0. The number of carbonyl (C=O) groups is 1. The van der Waals surface area contributed by atoms with Gasteiger partial charge in [0.15, 0.2) is 0 Å². The molecule has 0 spiro atoms. The summed E-state index contributed by atoms with van der Waals surface area (Å²) >= 11 is 0. The van der Waals surface area contributed by atoms with Crippen molar-refractivity contribution in [2.24, 2.45) is 0 Å². The lowest BCUT2D eigenvalue weighted by Gasteiger charge is -2.10. The van der Waals surface area contributed by atoms with Crippen molar-refractivity contribution < 1.29 is 9.90 Å². The van der Waals surface area contributed by atoms with Crippen molar-refractivity contribution in [3.63, 3.8) is 0 Å². The first-order valence-corrected chi connectivity index (χ1v) is 2.77. The zero-order chi connectivity index (χ0) is 7.56. The van der Waals surface area contributed by atoms with Crippen molar-refractivity contribution in [3.8, 4) is 0 Å². The molecule has 54 valence electrons. The standard InChI is InChI=1S/C5H7N3O2/c1-4(5(9)10)8-3-6-2-7-8/h2-4H,1H3,(H,9,10)/p-1. The van der Waals surface area contributed by atoms with E-state index in [1.54, 1.807) is 0 Å². The molecule has 0 bridgehead atoms. The lowest BCUT2D eigenvalue weighted by atomic mass is 10.4. The Hall–Kier alpha value is -1.39. The fourth-order valence-electron chi connectivity index (χ4n) is 0.525. The zero-order valence-electron chi connectivity index (χ0n) is 5.39. The van der Waals surface area contributed by atoms with E-state index < -0.39 is 12.0 Å². The van der Waals surface area contributed by atoms with Crippen LogP contribution in [0.25, 0.3) is 0 Å². The van der Waals surface area contributed by atoms with Gasteiger partial charge in [-0.05, 0) is 6.92 Å². The molecular formula is C5H6N3O2-. The number of rotatable bonds is 2. The van der Waals surface area contributed by atoms with Crippen LogP contribution in [-0.2, 0) is 4.79 Å². The molecule has 0 aromatic carbocycles. The van der Waals surface area contributed by atoms with Crippen LogP contribution >= 0.6 is 0 Å². The first kappa shape index (κ1) is 6.73. The maximum atomic E-state index is 10.2. The Labute approximate surface area is 57.3 Å². The maximum Gasteiger partial charge on any atom is 0.137 e. The first-order valence-electron chi connectivity index (χ1n) is 2.77. The van der Waals surface area contributed by atoms with Gasteiger partial charge in [0.05, 0.1) is 12.0 Å². The molecule has 1 heterocycles. The van der Waals surface area contributed by atoms with Gasteiger partial charge in [-0.25, -0.2) is 9.67 Å². The molecule has 1 aromatic heterocycles. The fraction of sp³-hybridized carbons (Fsp3) is 0.400. The molecule has 0 fully saturated rings. The van der Waals surface area contributed by atoms with E-state index in [9.17, 15) is 9.90 Å². The summed E-state index contributed by atoms with van der Waals surface area (Å²) in [7, 11) is 0. The summed E-state index contributed by atoms with van der Waals surface area (Å²) < 4.78 is 1.22. The van der Waals surface area contributed by atoms with Crippen LogP contribution in [0.15, 0.2) is 12.7 Å². The lowest BCUT2D eigenvalue weighted by molar-refractivity contribution is -0.310. The normalized spacial score (nSPS) is 12.9. The predicted molar refractivity (Wildman–Crippen MR) is 29.7 cm³/mol. The van der Waals surface area contributed by atoms with Crippen LogP contribution in [0.1, 0.15) is 13.0 Å². The number of hydrogen-bond donors (Lipinski definition) is 0. The number of hydrogen-bond acceptors (Lipinski definition) is 4. The van der Waals surface area contributed by atoms with Crippen molar-refractivity contribution in [1.82, 2.24) is 14.8 Å². The summed E-state index contributed by atoms with van der Waals surface area (Å²) in [5, 5.41) is 13.8. The van der Waals surface area contributed by atoms with Gasteiger partial charge >= 0.3 is 0 Å². The molecule has 1 atom stereocenters. The molecule has 1 rings (SSSR count).